The van der Waals surface area contributed by atoms with E-state index in [4.69, 9.17) is 15.5 Å². The molecule has 0 amide bonds. The second kappa shape index (κ2) is 6.29. The topological polar surface area (TPSA) is 136 Å². The van der Waals surface area contributed by atoms with Crippen molar-refractivity contribution in [3.8, 4) is 6.07 Å². The average Bonchev–Trinajstić information content (AvgIpc) is 2.37. The van der Waals surface area contributed by atoms with Gasteiger partial charge in [-0.3, -0.25) is 9.59 Å². The zero-order valence-electron chi connectivity index (χ0n) is 10.4. The van der Waals surface area contributed by atoms with Gasteiger partial charge in [0.25, 0.3) is 0 Å². The lowest BCUT2D eigenvalue weighted by molar-refractivity contribution is -0.139. The summed E-state index contributed by atoms with van der Waals surface area (Å²) in [4.78, 5) is 20.7. The molecule has 1 rings (SSSR count). The molecule has 112 valence electrons. The van der Waals surface area contributed by atoms with Gasteiger partial charge in [-0.15, -0.1) is 0 Å². The van der Waals surface area contributed by atoms with Crippen molar-refractivity contribution >= 4 is 22.0 Å². The van der Waals surface area contributed by atoms with Gasteiger partial charge in [0.1, 0.15) is 25.0 Å². The summed E-state index contributed by atoms with van der Waals surface area (Å²) >= 11 is 0. The van der Waals surface area contributed by atoms with E-state index < -0.39 is 51.3 Å². The monoisotopic (exact) mass is 316 g/mol. The van der Waals surface area contributed by atoms with Crippen molar-refractivity contribution in [2.24, 2.45) is 0 Å². The van der Waals surface area contributed by atoms with E-state index in [2.05, 4.69) is 0 Å². The molecule has 1 aromatic rings. The standard InChI is InChI=1S/C11H9FN2O6S/c12-9-2-1-8(3-7(9)4-13)21(19,20)14(5-10(15)16)6-11(17)18/h1-3H,5-6H2,(H,15,16)(H,17,18). The van der Waals surface area contributed by atoms with Crippen LogP contribution in [0.25, 0.3) is 0 Å². The SMILES string of the molecule is N#Cc1cc(S(=O)(=O)N(CC(=O)O)CC(=O)O)ccc1F. The number of carboxylic acid groups (broad SMARTS) is 2. The Balaban J connectivity index is 3.31. The lowest BCUT2D eigenvalue weighted by Gasteiger charge is -2.18. The van der Waals surface area contributed by atoms with Crippen molar-refractivity contribution in [3.63, 3.8) is 0 Å². The lowest BCUT2D eigenvalue weighted by atomic mass is 10.2. The third-order valence-electron chi connectivity index (χ3n) is 2.32. The predicted molar refractivity (Wildman–Crippen MR) is 65.1 cm³/mol. The minimum atomic E-state index is -4.49. The quantitative estimate of drug-likeness (QED) is 0.745. The Kier molecular flexibility index (Phi) is 4.96. The number of hydrogen-bond acceptors (Lipinski definition) is 5. The zero-order valence-corrected chi connectivity index (χ0v) is 11.2. The van der Waals surface area contributed by atoms with E-state index >= 15 is 0 Å². The van der Waals surface area contributed by atoms with Crippen LogP contribution in [0, 0.1) is 17.1 Å². The number of aliphatic carboxylic acids is 2. The first kappa shape index (κ1) is 16.5. The number of nitriles is 1. The second-order valence-electron chi connectivity index (χ2n) is 3.81. The first-order chi connectivity index (χ1) is 9.68. The van der Waals surface area contributed by atoms with Gasteiger partial charge in [-0.2, -0.15) is 9.57 Å². The molecule has 0 aliphatic heterocycles. The van der Waals surface area contributed by atoms with Gasteiger partial charge in [-0.25, -0.2) is 12.8 Å². The van der Waals surface area contributed by atoms with Crippen LogP contribution >= 0.6 is 0 Å². The van der Waals surface area contributed by atoms with E-state index in [1.54, 1.807) is 0 Å². The van der Waals surface area contributed by atoms with Crippen molar-refractivity contribution in [1.29, 1.82) is 5.26 Å². The Hall–Kier alpha value is -2.51. The molecule has 0 radical (unpaired) electrons. The minimum absolute atomic E-state index is 0.200. The highest BCUT2D eigenvalue weighted by Crippen LogP contribution is 2.18. The molecule has 8 nitrogen and oxygen atoms in total. The average molecular weight is 316 g/mol. The van der Waals surface area contributed by atoms with Crippen LogP contribution in [0.2, 0.25) is 0 Å². The Bertz CT molecular complexity index is 709. The van der Waals surface area contributed by atoms with Gasteiger partial charge >= 0.3 is 11.9 Å². The Morgan fingerprint density at radius 1 is 1.24 bits per heavy atom. The summed E-state index contributed by atoms with van der Waals surface area (Å²) in [5.41, 5.74) is -0.554. The third-order valence-corrected chi connectivity index (χ3v) is 4.11. The maximum atomic E-state index is 13.2. The molecule has 2 N–H and O–H groups in total. The van der Waals surface area contributed by atoms with E-state index in [-0.39, 0.29) is 4.31 Å². The minimum Gasteiger partial charge on any atom is -0.480 e. The van der Waals surface area contributed by atoms with Crippen molar-refractivity contribution in [2.75, 3.05) is 13.1 Å². The van der Waals surface area contributed by atoms with E-state index in [0.717, 1.165) is 12.1 Å². The molecule has 10 heteroatoms. The molecule has 0 fully saturated rings. The Labute approximate surface area is 118 Å². The summed E-state index contributed by atoms with van der Waals surface area (Å²) in [6.45, 7) is -2.15. The van der Waals surface area contributed by atoms with Crippen molar-refractivity contribution in [3.05, 3.63) is 29.6 Å². The number of benzene rings is 1. The number of rotatable bonds is 6. The van der Waals surface area contributed by atoms with Crippen LogP contribution in [-0.4, -0.2) is 48.0 Å². The van der Waals surface area contributed by atoms with Crippen LogP contribution in [0.4, 0.5) is 4.39 Å². The fraction of sp³-hybridized carbons (Fsp3) is 0.182. The summed E-state index contributed by atoms with van der Waals surface area (Å²) in [6, 6.07) is 3.70. The number of nitrogens with zero attached hydrogens (tertiary/aromatic N) is 2. The molecule has 0 heterocycles. The molecular formula is C11H9FN2O6S. The van der Waals surface area contributed by atoms with Crippen molar-refractivity contribution in [1.82, 2.24) is 4.31 Å². The number of halogens is 1. The molecule has 0 saturated heterocycles. The smallest absolute Gasteiger partial charge is 0.318 e. The molecular weight excluding hydrogens is 307 g/mol. The molecule has 0 atom stereocenters. The molecule has 0 aliphatic rings. The van der Waals surface area contributed by atoms with Crippen molar-refractivity contribution < 1.29 is 32.6 Å². The maximum Gasteiger partial charge on any atom is 0.318 e. The molecule has 0 spiro atoms. The van der Waals surface area contributed by atoms with Gasteiger partial charge in [0.05, 0.1) is 10.5 Å². The van der Waals surface area contributed by atoms with Crippen LogP contribution in [0.5, 0.6) is 0 Å². The van der Waals surface area contributed by atoms with Gasteiger partial charge < -0.3 is 10.2 Å². The number of carboxylic acids is 2. The second-order valence-corrected chi connectivity index (χ2v) is 5.75. The third kappa shape index (κ3) is 3.98. The highest BCUT2D eigenvalue weighted by atomic mass is 32.2. The van der Waals surface area contributed by atoms with Crippen LogP contribution < -0.4 is 0 Å². The summed E-state index contributed by atoms with van der Waals surface area (Å²) in [7, 11) is -4.49. The fourth-order valence-electron chi connectivity index (χ4n) is 1.43. The molecule has 1 aromatic carbocycles. The van der Waals surface area contributed by atoms with E-state index in [1.165, 1.54) is 6.07 Å². The van der Waals surface area contributed by atoms with Crippen LogP contribution in [0.1, 0.15) is 5.56 Å². The van der Waals surface area contributed by atoms with E-state index in [1.807, 2.05) is 0 Å². The summed E-state index contributed by atoms with van der Waals surface area (Å²) in [6.07, 6.45) is 0. The first-order valence-corrected chi connectivity index (χ1v) is 6.76. The molecule has 0 saturated carbocycles. The van der Waals surface area contributed by atoms with Gasteiger partial charge in [-0.1, -0.05) is 0 Å². The van der Waals surface area contributed by atoms with Crippen LogP contribution in [0.15, 0.2) is 23.1 Å². The molecule has 0 unspecified atom stereocenters. The van der Waals surface area contributed by atoms with Crippen molar-refractivity contribution in [2.45, 2.75) is 4.90 Å². The lowest BCUT2D eigenvalue weighted by Crippen LogP contribution is -2.39. The Morgan fingerprint density at radius 3 is 2.19 bits per heavy atom. The molecule has 0 aromatic heterocycles. The maximum absolute atomic E-state index is 13.2. The van der Waals surface area contributed by atoms with Gasteiger partial charge in [-0.05, 0) is 18.2 Å². The zero-order chi connectivity index (χ0) is 16.2. The molecule has 21 heavy (non-hydrogen) atoms. The van der Waals surface area contributed by atoms with E-state index in [0.29, 0.717) is 6.07 Å². The van der Waals surface area contributed by atoms with Crippen LogP contribution in [-0.2, 0) is 19.6 Å². The normalized spacial score (nSPS) is 11.1. The summed E-state index contributed by atoms with van der Waals surface area (Å²) < 4.78 is 37.7. The fourth-order valence-corrected chi connectivity index (χ4v) is 2.79. The predicted octanol–water partition coefficient (Wildman–Crippen LogP) is -0.143. The van der Waals surface area contributed by atoms with E-state index in [9.17, 15) is 22.4 Å². The highest BCUT2D eigenvalue weighted by Gasteiger charge is 2.29. The first-order valence-electron chi connectivity index (χ1n) is 5.32. The highest BCUT2D eigenvalue weighted by molar-refractivity contribution is 7.89. The molecule has 0 bridgehead atoms. The number of carbonyl (C=O) groups is 2. The Morgan fingerprint density at radius 2 is 1.76 bits per heavy atom. The van der Waals surface area contributed by atoms with Crippen LogP contribution in [0.3, 0.4) is 0 Å². The van der Waals surface area contributed by atoms with Gasteiger partial charge in [0.2, 0.25) is 10.0 Å². The summed E-state index contributed by atoms with van der Waals surface area (Å²) in [5, 5.41) is 25.9. The van der Waals surface area contributed by atoms with Gasteiger partial charge in [0, 0.05) is 0 Å². The van der Waals surface area contributed by atoms with Gasteiger partial charge in [0.15, 0.2) is 0 Å². The number of sulfonamides is 1. The largest absolute Gasteiger partial charge is 0.480 e. The number of hydrogen-bond donors (Lipinski definition) is 2. The summed E-state index contributed by atoms with van der Waals surface area (Å²) in [5.74, 6) is -4.05. The molecule has 0 aliphatic carbocycles.